The van der Waals surface area contributed by atoms with E-state index in [1.165, 1.54) is 0 Å². The molecule has 1 atom stereocenters. The molecule has 0 aliphatic heterocycles. The zero-order valence-corrected chi connectivity index (χ0v) is 13.3. The van der Waals surface area contributed by atoms with Crippen LogP contribution in [0.5, 0.6) is 0 Å². The Labute approximate surface area is 122 Å². The molecule has 0 aromatic carbocycles. The maximum Gasteiger partial charge on any atom is 0.244 e. The molecule has 0 amide bonds. The van der Waals surface area contributed by atoms with Crippen LogP contribution in [0.15, 0.2) is 23.2 Å². The van der Waals surface area contributed by atoms with Crippen molar-refractivity contribution < 1.29 is 8.42 Å². The van der Waals surface area contributed by atoms with Crippen molar-refractivity contribution in [2.45, 2.75) is 57.4 Å². The Morgan fingerprint density at radius 3 is 2.70 bits per heavy atom. The molecule has 0 bridgehead atoms. The average Bonchev–Trinajstić information content (AvgIpc) is 2.39. The van der Waals surface area contributed by atoms with Crippen molar-refractivity contribution in [3.63, 3.8) is 0 Å². The number of sulfonamides is 1. The summed E-state index contributed by atoms with van der Waals surface area (Å²) in [4.78, 5) is 4.30. The van der Waals surface area contributed by atoms with E-state index in [0.29, 0.717) is 12.4 Å². The van der Waals surface area contributed by atoms with Crippen molar-refractivity contribution in [1.29, 1.82) is 0 Å². The maximum absolute atomic E-state index is 12.4. The highest BCUT2D eigenvalue weighted by atomic mass is 32.2. The third-order valence-electron chi connectivity index (χ3n) is 3.00. The summed E-state index contributed by atoms with van der Waals surface area (Å²) >= 11 is 0. The Hall–Kier alpha value is -1.14. The summed E-state index contributed by atoms with van der Waals surface area (Å²) < 4.78 is 27.5. The van der Waals surface area contributed by atoms with Crippen LogP contribution in [-0.4, -0.2) is 26.0 Å². The van der Waals surface area contributed by atoms with E-state index in [4.69, 9.17) is 0 Å². The van der Waals surface area contributed by atoms with Gasteiger partial charge < -0.3 is 5.32 Å². The third kappa shape index (κ3) is 5.09. The fourth-order valence-electron chi connectivity index (χ4n) is 2.00. The number of aromatic nitrogens is 1. The van der Waals surface area contributed by atoms with Crippen molar-refractivity contribution in [2.75, 3.05) is 11.9 Å². The molecule has 1 unspecified atom stereocenters. The van der Waals surface area contributed by atoms with E-state index < -0.39 is 10.0 Å². The topological polar surface area (TPSA) is 71.1 Å². The number of hydrogen-bond donors (Lipinski definition) is 2. The second-order valence-electron chi connectivity index (χ2n) is 4.90. The van der Waals surface area contributed by atoms with Gasteiger partial charge in [-0.05, 0) is 32.4 Å². The SMILES string of the molecule is CCCCCC(C)NS(=O)(=O)c1cccnc1NCC. The first-order valence-electron chi connectivity index (χ1n) is 7.22. The monoisotopic (exact) mass is 299 g/mol. The summed E-state index contributed by atoms with van der Waals surface area (Å²) in [6.07, 6.45) is 5.73. The van der Waals surface area contributed by atoms with Crippen molar-refractivity contribution in [3.8, 4) is 0 Å². The Bertz CT molecular complexity index is 503. The van der Waals surface area contributed by atoms with E-state index in [9.17, 15) is 8.42 Å². The van der Waals surface area contributed by atoms with E-state index >= 15 is 0 Å². The number of anilines is 1. The van der Waals surface area contributed by atoms with Crippen molar-refractivity contribution in [2.24, 2.45) is 0 Å². The highest BCUT2D eigenvalue weighted by molar-refractivity contribution is 7.89. The van der Waals surface area contributed by atoms with Gasteiger partial charge in [-0.3, -0.25) is 0 Å². The van der Waals surface area contributed by atoms with Crippen molar-refractivity contribution in [3.05, 3.63) is 18.3 Å². The van der Waals surface area contributed by atoms with E-state index in [1.54, 1.807) is 18.3 Å². The molecule has 114 valence electrons. The minimum absolute atomic E-state index is 0.0683. The Morgan fingerprint density at radius 1 is 1.30 bits per heavy atom. The first kappa shape index (κ1) is 16.9. The van der Waals surface area contributed by atoms with Crippen LogP contribution in [0, 0.1) is 0 Å². The quantitative estimate of drug-likeness (QED) is 0.688. The predicted molar refractivity (Wildman–Crippen MR) is 82.3 cm³/mol. The van der Waals surface area contributed by atoms with Gasteiger partial charge in [0.25, 0.3) is 0 Å². The smallest absolute Gasteiger partial charge is 0.244 e. The standard InChI is InChI=1S/C14H25N3O2S/c1-4-6-7-9-12(3)17-20(18,19)13-10-8-11-16-14(13)15-5-2/h8,10-12,17H,4-7,9H2,1-3H3,(H,15,16). The molecular weight excluding hydrogens is 274 g/mol. The molecule has 1 aromatic rings. The number of rotatable bonds is 9. The van der Waals surface area contributed by atoms with Crippen LogP contribution < -0.4 is 10.0 Å². The van der Waals surface area contributed by atoms with Gasteiger partial charge in [0.05, 0.1) is 0 Å². The van der Waals surface area contributed by atoms with Gasteiger partial charge in [-0.25, -0.2) is 18.1 Å². The zero-order chi connectivity index (χ0) is 15.0. The summed E-state index contributed by atoms with van der Waals surface area (Å²) in [5, 5.41) is 2.98. The molecule has 0 aliphatic carbocycles. The minimum Gasteiger partial charge on any atom is -0.369 e. The Morgan fingerprint density at radius 2 is 2.05 bits per heavy atom. The van der Waals surface area contributed by atoms with Crippen molar-refractivity contribution in [1.82, 2.24) is 9.71 Å². The van der Waals surface area contributed by atoms with Gasteiger partial charge in [-0.2, -0.15) is 0 Å². The molecule has 0 aliphatic rings. The van der Waals surface area contributed by atoms with Gasteiger partial charge in [0.2, 0.25) is 10.0 Å². The highest BCUT2D eigenvalue weighted by Gasteiger charge is 2.21. The van der Waals surface area contributed by atoms with Crippen molar-refractivity contribution >= 4 is 15.8 Å². The van der Waals surface area contributed by atoms with Crippen LogP contribution in [0.25, 0.3) is 0 Å². The van der Waals surface area contributed by atoms with Crippen LogP contribution in [-0.2, 0) is 10.0 Å². The Balaban J connectivity index is 2.78. The number of unbranched alkanes of at least 4 members (excludes halogenated alkanes) is 2. The number of hydrogen-bond acceptors (Lipinski definition) is 4. The molecule has 1 aromatic heterocycles. The van der Waals surface area contributed by atoms with Gasteiger partial charge in [0.15, 0.2) is 0 Å². The molecule has 2 N–H and O–H groups in total. The highest BCUT2D eigenvalue weighted by Crippen LogP contribution is 2.18. The molecule has 6 heteroatoms. The predicted octanol–water partition coefficient (Wildman–Crippen LogP) is 2.76. The maximum atomic E-state index is 12.4. The summed E-state index contributed by atoms with van der Waals surface area (Å²) in [6, 6.07) is 3.14. The number of pyridine rings is 1. The molecule has 0 spiro atoms. The minimum atomic E-state index is -3.52. The molecule has 20 heavy (non-hydrogen) atoms. The summed E-state index contributed by atoms with van der Waals surface area (Å²) in [5.41, 5.74) is 0. The summed E-state index contributed by atoms with van der Waals surface area (Å²) in [6.45, 7) is 6.57. The number of nitrogens with zero attached hydrogens (tertiary/aromatic N) is 1. The zero-order valence-electron chi connectivity index (χ0n) is 12.5. The summed E-state index contributed by atoms with van der Waals surface area (Å²) in [5.74, 6) is 0.406. The van der Waals surface area contributed by atoms with Gasteiger partial charge in [-0.15, -0.1) is 0 Å². The van der Waals surface area contributed by atoms with E-state index in [-0.39, 0.29) is 10.9 Å². The first-order chi connectivity index (χ1) is 9.51. The second-order valence-corrected chi connectivity index (χ2v) is 6.58. The first-order valence-corrected chi connectivity index (χ1v) is 8.70. The van der Waals surface area contributed by atoms with Gasteiger partial charge >= 0.3 is 0 Å². The van der Waals surface area contributed by atoms with Crippen LogP contribution in [0.2, 0.25) is 0 Å². The number of nitrogens with one attached hydrogen (secondary N) is 2. The molecule has 5 nitrogen and oxygen atoms in total. The molecule has 0 saturated carbocycles. The molecule has 0 fully saturated rings. The molecule has 1 heterocycles. The van der Waals surface area contributed by atoms with Crippen LogP contribution in [0.4, 0.5) is 5.82 Å². The van der Waals surface area contributed by atoms with Crippen LogP contribution >= 0.6 is 0 Å². The fourth-order valence-corrected chi connectivity index (χ4v) is 3.41. The van der Waals surface area contributed by atoms with E-state index in [2.05, 4.69) is 21.9 Å². The fraction of sp³-hybridized carbons (Fsp3) is 0.643. The largest absolute Gasteiger partial charge is 0.369 e. The lowest BCUT2D eigenvalue weighted by Crippen LogP contribution is -2.33. The Kier molecular flexibility index (Phi) is 6.95. The van der Waals surface area contributed by atoms with E-state index in [0.717, 1.165) is 25.7 Å². The summed E-state index contributed by atoms with van der Waals surface area (Å²) in [7, 11) is -3.52. The normalized spacial score (nSPS) is 13.2. The second kappa shape index (κ2) is 8.21. The average molecular weight is 299 g/mol. The van der Waals surface area contributed by atoms with Gasteiger partial charge in [-0.1, -0.05) is 26.2 Å². The van der Waals surface area contributed by atoms with Crippen LogP contribution in [0.3, 0.4) is 0 Å². The van der Waals surface area contributed by atoms with E-state index in [1.807, 2.05) is 13.8 Å². The lowest BCUT2D eigenvalue weighted by Gasteiger charge is -2.16. The van der Waals surface area contributed by atoms with Gasteiger partial charge in [0.1, 0.15) is 10.7 Å². The molecule has 0 radical (unpaired) electrons. The molecular formula is C14H25N3O2S. The molecule has 0 saturated heterocycles. The van der Waals surface area contributed by atoms with Crippen LogP contribution in [0.1, 0.15) is 46.5 Å². The van der Waals surface area contributed by atoms with Gasteiger partial charge in [0, 0.05) is 18.8 Å². The molecule has 1 rings (SSSR count). The lowest BCUT2D eigenvalue weighted by atomic mass is 10.1. The lowest BCUT2D eigenvalue weighted by molar-refractivity contribution is 0.527. The third-order valence-corrected chi connectivity index (χ3v) is 4.62.